The van der Waals surface area contributed by atoms with E-state index in [-0.39, 0.29) is 29.2 Å². The maximum absolute atomic E-state index is 13.3. The highest BCUT2D eigenvalue weighted by molar-refractivity contribution is 6.03. The highest BCUT2D eigenvalue weighted by Gasteiger charge is 2.22. The quantitative estimate of drug-likeness (QED) is 0.479. The normalized spacial score (nSPS) is 10.2. The number of benzene rings is 2. The first-order chi connectivity index (χ1) is 11.4. The van der Waals surface area contributed by atoms with Gasteiger partial charge in [0.2, 0.25) is 0 Å². The third-order valence-corrected chi connectivity index (χ3v) is 3.41. The zero-order valence-electron chi connectivity index (χ0n) is 12.9. The second kappa shape index (κ2) is 7.40. The number of rotatable bonds is 6. The van der Waals surface area contributed by atoms with Gasteiger partial charge >= 0.3 is 0 Å². The molecule has 8 heteroatoms. The fourth-order valence-corrected chi connectivity index (χ4v) is 2.23. The molecule has 2 rings (SSSR count). The topological polar surface area (TPSA) is 107 Å². The lowest BCUT2D eigenvalue weighted by atomic mass is 10.1. The first-order valence-corrected chi connectivity index (χ1v) is 7.07. The lowest BCUT2D eigenvalue weighted by molar-refractivity contribution is -0.385. The summed E-state index contributed by atoms with van der Waals surface area (Å²) in [6.07, 6.45) is 0.406. The van der Waals surface area contributed by atoms with Gasteiger partial charge in [-0.05, 0) is 30.2 Å². The van der Waals surface area contributed by atoms with Crippen LogP contribution in [0.1, 0.15) is 15.9 Å². The molecule has 0 spiro atoms. The predicted molar refractivity (Wildman–Crippen MR) is 86.5 cm³/mol. The van der Waals surface area contributed by atoms with Crippen molar-refractivity contribution in [2.75, 3.05) is 19.4 Å². The number of nitrogens with two attached hydrogens (primary N) is 1. The van der Waals surface area contributed by atoms with Crippen LogP contribution in [-0.2, 0) is 6.42 Å². The van der Waals surface area contributed by atoms with E-state index in [1.54, 1.807) is 6.07 Å². The number of amides is 1. The molecule has 2 aromatic carbocycles. The van der Waals surface area contributed by atoms with E-state index in [0.717, 1.165) is 5.56 Å². The summed E-state index contributed by atoms with van der Waals surface area (Å²) in [6.45, 7) is 0.207. The summed E-state index contributed by atoms with van der Waals surface area (Å²) in [5.41, 5.74) is 5.94. The number of methoxy groups -OCH3 is 1. The van der Waals surface area contributed by atoms with Crippen LogP contribution in [0.15, 0.2) is 36.4 Å². The van der Waals surface area contributed by atoms with Crippen LogP contribution in [0.4, 0.5) is 15.8 Å². The molecule has 0 radical (unpaired) electrons. The van der Waals surface area contributed by atoms with Crippen molar-refractivity contribution >= 4 is 17.3 Å². The molecule has 0 saturated heterocycles. The summed E-state index contributed by atoms with van der Waals surface area (Å²) in [4.78, 5) is 22.5. The molecule has 0 saturated carbocycles. The lowest BCUT2D eigenvalue weighted by Gasteiger charge is -2.09. The maximum atomic E-state index is 13.3. The molecule has 126 valence electrons. The standard InChI is InChI=1S/C16H16FN3O4/c1-24-14-9-10(5-6-11(14)17)7-8-19-16(21)15-12(18)3-2-4-13(15)20(22)23/h2-6,9H,7-8,18H2,1H3,(H,19,21). The van der Waals surface area contributed by atoms with Gasteiger partial charge in [0.25, 0.3) is 11.6 Å². The van der Waals surface area contributed by atoms with Crippen LogP contribution in [0.5, 0.6) is 5.75 Å². The van der Waals surface area contributed by atoms with Gasteiger partial charge < -0.3 is 15.8 Å². The van der Waals surface area contributed by atoms with Crippen LogP contribution in [0.3, 0.4) is 0 Å². The Morgan fingerprint density at radius 1 is 1.38 bits per heavy atom. The third-order valence-electron chi connectivity index (χ3n) is 3.41. The van der Waals surface area contributed by atoms with Crippen molar-refractivity contribution in [3.8, 4) is 5.75 Å². The Balaban J connectivity index is 2.06. The van der Waals surface area contributed by atoms with Gasteiger partial charge in [-0.1, -0.05) is 12.1 Å². The number of hydrogen-bond donors (Lipinski definition) is 2. The van der Waals surface area contributed by atoms with Crippen molar-refractivity contribution in [2.24, 2.45) is 0 Å². The number of carbonyl (C=O) groups is 1. The summed E-state index contributed by atoms with van der Waals surface area (Å²) in [5.74, 6) is -0.992. The summed E-state index contributed by atoms with van der Waals surface area (Å²) < 4.78 is 18.2. The molecule has 0 aliphatic heterocycles. The van der Waals surface area contributed by atoms with Gasteiger partial charge in [-0.3, -0.25) is 14.9 Å². The van der Waals surface area contributed by atoms with Crippen molar-refractivity contribution in [3.05, 3.63) is 63.5 Å². The first kappa shape index (κ1) is 17.2. The smallest absolute Gasteiger partial charge is 0.284 e. The Kier molecular flexibility index (Phi) is 5.31. The van der Waals surface area contributed by atoms with E-state index < -0.39 is 16.6 Å². The van der Waals surface area contributed by atoms with E-state index in [4.69, 9.17) is 10.5 Å². The van der Waals surface area contributed by atoms with E-state index in [0.29, 0.717) is 6.42 Å². The second-order valence-corrected chi connectivity index (χ2v) is 4.97. The number of hydrogen-bond acceptors (Lipinski definition) is 5. The molecule has 0 aliphatic carbocycles. The highest BCUT2D eigenvalue weighted by atomic mass is 19.1. The summed E-state index contributed by atoms with van der Waals surface area (Å²) >= 11 is 0. The Labute approximate surface area is 137 Å². The van der Waals surface area contributed by atoms with E-state index >= 15 is 0 Å². The molecule has 1 amide bonds. The first-order valence-electron chi connectivity index (χ1n) is 7.07. The number of anilines is 1. The van der Waals surface area contributed by atoms with Crippen molar-refractivity contribution in [3.63, 3.8) is 0 Å². The van der Waals surface area contributed by atoms with Gasteiger partial charge in [0.15, 0.2) is 11.6 Å². The minimum absolute atomic E-state index is 0.0325. The number of nitrogen functional groups attached to an aromatic ring is 1. The van der Waals surface area contributed by atoms with E-state index in [1.165, 1.54) is 37.4 Å². The monoisotopic (exact) mass is 333 g/mol. The van der Waals surface area contributed by atoms with Gasteiger partial charge in [-0.15, -0.1) is 0 Å². The molecule has 0 fully saturated rings. The number of carbonyl (C=O) groups excluding carboxylic acids is 1. The van der Waals surface area contributed by atoms with Crippen LogP contribution < -0.4 is 15.8 Å². The van der Waals surface area contributed by atoms with Gasteiger partial charge in [0, 0.05) is 12.6 Å². The number of nitro benzene ring substituents is 1. The van der Waals surface area contributed by atoms with Gasteiger partial charge in [0.05, 0.1) is 17.7 Å². The Morgan fingerprint density at radius 3 is 2.79 bits per heavy atom. The largest absolute Gasteiger partial charge is 0.494 e. The number of nitro groups is 1. The van der Waals surface area contributed by atoms with Crippen LogP contribution >= 0.6 is 0 Å². The molecule has 0 bridgehead atoms. The number of halogens is 1. The molecular formula is C16H16FN3O4. The van der Waals surface area contributed by atoms with Crippen LogP contribution in [-0.4, -0.2) is 24.5 Å². The fraction of sp³-hybridized carbons (Fsp3) is 0.188. The molecule has 0 unspecified atom stereocenters. The molecule has 3 N–H and O–H groups in total. The zero-order chi connectivity index (χ0) is 17.7. The van der Waals surface area contributed by atoms with Crippen molar-refractivity contribution in [1.82, 2.24) is 5.32 Å². The van der Waals surface area contributed by atoms with Gasteiger partial charge in [-0.25, -0.2) is 4.39 Å². The van der Waals surface area contributed by atoms with Gasteiger partial charge in [-0.2, -0.15) is 0 Å². The van der Waals surface area contributed by atoms with Crippen LogP contribution in [0.25, 0.3) is 0 Å². The van der Waals surface area contributed by atoms with Crippen molar-refractivity contribution in [2.45, 2.75) is 6.42 Å². The lowest BCUT2D eigenvalue weighted by Crippen LogP contribution is -2.27. The summed E-state index contributed by atoms with van der Waals surface area (Å²) in [7, 11) is 1.36. The summed E-state index contributed by atoms with van der Waals surface area (Å²) in [5, 5.41) is 13.6. The predicted octanol–water partition coefficient (Wildman–Crippen LogP) is 2.30. The minimum atomic E-state index is -0.657. The van der Waals surface area contributed by atoms with Crippen molar-refractivity contribution < 1.29 is 18.8 Å². The molecule has 7 nitrogen and oxygen atoms in total. The fourth-order valence-electron chi connectivity index (χ4n) is 2.23. The molecular weight excluding hydrogens is 317 g/mol. The highest BCUT2D eigenvalue weighted by Crippen LogP contribution is 2.24. The molecule has 0 aromatic heterocycles. The third kappa shape index (κ3) is 3.78. The Hall–Kier alpha value is -3.16. The van der Waals surface area contributed by atoms with Crippen molar-refractivity contribution in [1.29, 1.82) is 0 Å². The minimum Gasteiger partial charge on any atom is -0.494 e. The Bertz CT molecular complexity index is 780. The van der Waals surface area contributed by atoms with E-state index in [2.05, 4.69) is 5.32 Å². The summed E-state index contributed by atoms with van der Waals surface area (Å²) in [6, 6.07) is 8.43. The van der Waals surface area contributed by atoms with E-state index in [1.807, 2.05) is 0 Å². The maximum Gasteiger partial charge on any atom is 0.284 e. The average Bonchev–Trinajstić information content (AvgIpc) is 2.55. The molecule has 0 atom stereocenters. The molecule has 0 heterocycles. The number of nitrogens with zero attached hydrogens (tertiary/aromatic N) is 1. The zero-order valence-corrected chi connectivity index (χ0v) is 12.9. The van der Waals surface area contributed by atoms with E-state index in [9.17, 15) is 19.3 Å². The number of ether oxygens (including phenoxy) is 1. The second-order valence-electron chi connectivity index (χ2n) is 4.97. The average molecular weight is 333 g/mol. The molecule has 0 aliphatic rings. The SMILES string of the molecule is COc1cc(CCNC(=O)c2c(N)cccc2[N+](=O)[O-])ccc1F. The Morgan fingerprint density at radius 2 is 2.12 bits per heavy atom. The molecule has 24 heavy (non-hydrogen) atoms. The van der Waals surface area contributed by atoms with Gasteiger partial charge in [0.1, 0.15) is 5.56 Å². The number of nitrogens with one attached hydrogen (secondary N) is 1. The van der Waals surface area contributed by atoms with Crippen LogP contribution in [0, 0.1) is 15.9 Å². The van der Waals surface area contributed by atoms with Crippen LogP contribution in [0.2, 0.25) is 0 Å². The molecule has 2 aromatic rings.